The van der Waals surface area contributed by atoms with Crippen molar-refractivity contribution < 1.29 is 14.3 Å². The Kier molecular flexibility index (Phi) is 7.02. The molecule has 0 spiro atoms. The molecule has 142 valence electrons. The number of benzene rings is 3. The molecule has 0 aliphatic carbocycles. The van der Waals surface area contributed by atoms with Gasteiger partial charge in [0.1, 0.15) is 5.75 Å². The molecule has 0 radical (unpaired) electrons. The summed E-state index contributed by atoms with van der Waals surface area (Å²) in [4.78, 5) is 24.8. The van der Waals surface area contributed by atoms with Crippen molar-refractivity contribution in [3.05, 3.63) is 99.1 Å². The summed E-state index contributed by atoms with van der Waals surface area (Å²) < 4.78 is 6.60. The number of amides is 2. The zero-order valence-corrected chi connectivity index (χ0v) is 17.2. The van der Waals surface area contributed by atoms with Crippen molar-refractivity contribution in [2.45, 2.75) is 6.42 Å². The van der Waals surface area contributed by atoms with Gasteiger partial charge in [0.25, 0.3) is 11.8 Å². The molecule has 28 heavy (non-hydrogen) atoms. The first-order chi connectivity index (χ1) is 13.6. The molecular formula is C22H19IN2O3. The first-order valence-electron chi connectivity index (χ1n) is 8.76. The van der Waals surface area contributed by atoms with Gasteiger partial charge in [-0.05, 0) is 52.4 Å². The Hall–Kier alpha value is -2.87. The highest BCUT2D eigenvalue weighted by molar-refractivity contribution is 14.1. The van der Waals surface area contributed by atoms with Gasteiger partial charge in [0.05, 0.1) is 17.7 Å². The highest BCUT2D eigenvalue weighted by Gasteiger charge is 2.14. The van der Waals surface area contributed by atoms with Crippen LogP contribution in [0.1, 0.15) is 26.3 Å². The summed E-state index contributed by atoms with van der Waals surface area (Å²) in [5.74, 6) is -0.338. The van der Waals surface area contributed by atoms with Crippen LogP contribution in [-0.2, 0) is 6.42 Å². The molecule has 0 atom stereocenters. The predicted molar refractivity (Wildman–Crippen MR) is 116 cm³/mol. The van der Waals surface area contributed by atoms with Crippen LogP contribution in [0.5, 0.6) is 5.75 Å². The van der Waals surface area contributed by atoms with Crippen molar-refractivity contribution in [1.82, 2.24) is 10.9 Å². The molecule has 3 aromatic carbocycles. The van der Waals surface area contributed by atoms with Crippen LogP contribution in [0.4, 0.5) is 0 Å². The number of carbonyl (C=O) groups is 2. The molecule has 5 nitrogen and oxygen atoms in total. The Morgan fingerprint density at radius 3 is 2.04 bits per heavy atom. The average Bonchev–Trinajstić information content (AvgIpc) is 2.73. The zero-order valence-electron chi connectivity index (χ0n) is 15.0. The van der Waals surface area contributed by atoms with E-state index in [4.69, 9.17) is 4.74 Å². The topological polar surface area (TPSA) is 67.4 Å². The normalized spacial score (nSPS) is 10.2. The molecule has 6 heteroatoms. The largest absolute Gasteiger partial charge is 0.492 e. The molecule has 2 amide bonds. The fourth-order valence-electron chi connectivity index (χ4n) is 2.60. The van der Waals surface area contributed by atoms with Gasteiger partial charge in [-0.15, -0.1) is 0 Å². The molecule has 0 fully saturated rings. The van der Waals surface area contributed by atoms with Crippen LogP contribution >= 0.6 is 22.6 Å². The third-order valence-corrected chi connectivity index (χ3v) is 4.97. The van der Waals surface area contributed by atoms with Gasteiger partial charge in [0, 0.05) is 9.99 Å². The number of carbonyl (C=O) groups excluding carboxylic acids is 2. The molecule has 0 aliphatic rings. The summed E-state index contributed by atoms with van der Waals surface area (Å²) in [5, 5.41) is 0. The minimum absolute atomic E-state index is 0.360. The first kappa shape index (κ1) is 19.9. The van der Waals surface area contributed by atoms with Gasteiger partial charge in [0.2, 0.25) is 0 Å². The minimum Gasteiger partial charge on any atom is -0.492 e. The van der Waals surface area contributed by atoms with E-state index in [1.165, 1.54) is 0 Å². The van der Waals surface area contributed by atoms with E-state index in [-0.39, 0.29) is 5.91 Å². The van der Waals surface area contributed by atoms with Gasteiger partial charge < -0.3 is 4.74 Å². The standard InChI is InChI=1S/C22H19IN2O3/c23-19-12-6-4-10-17(19)21(26)24-25-22(27)18-11-5-7-13-20(18)28-15-14-16-8-2-1-3-9-16/h1-13H,14-15H2,(H,24,26)(H,25,27). The van der Waals surface area contributed by atoms with Gasteiger partial charge in [-0.25, -0.2) is 0 Å². The molecular weight excluding hydrogens is 467 g/mol. The molecule has 0 saturated carbocycles. The van der Waals surface area contributed by atoms with Crippen LogP contribution in [0.15, 0.2) is 78.9 Å². The van der Waals surface area contributed by atoms with Crippen LogP contribution in [0.25, 0.3) is 0 Å². The molecule has 3 aromatic rings. The highest BCUT2D eigenvalue weighted by atomic mass is 127. The van der Waals surface area contributed by atoms with E-state index in [0.29, 0.717) is 23.5 Å². The summed E-state index contributed by atoms with van der Waals surface area (Å²) in [5.41, 5.74) is 6.92. The highest BCUT2D eigenvalue weighted by Crippen LogP contribution is 2.18. The molecule has 3 rings (SSSR count). The number of para-hydroxylation sites is 1. The SMILES string of the molecule is O=C(NNC(=O)c1ccccc1OCCc1ccccc1)c1ccccc1I. The lowest BCUT2D eigenvalue weighted by Crippen LogP contribution is -2.42. The number of hydrogen-bond acceptors (Lipinski definition) is 3. The molecule has 0 heterocycles. The molecule has 2 N–H and O–H groups in total. The Labute approximate surface area is 177 Å². The smallest absolute Gasteiger partial charge is 0.273 e. The second kappa shape index (κ2) is 9.89. The lowest BCUT2D eigenvalue weighted by Gasteiger charge is -2.12. The number of ether oxygens (including phenoxy) is 1. The quantitative estimate of drug-likeness (QED) is 0.409. The van der Waals surface area contributed by atoms with Gasteiger partial charge in [-0.3, -0.25) is 20.4 Å². The second-order valence-corrected chi connectivity index (χ2v) is 7.13. The van der Waals surface area contributed by atoms with Crippen molar-refractivity contribution in [3.63, 3.8) is 0 Å². The van der Waals surface area contributed by atoms with Gasteiger partial charge in [-0.1, -0.05) is 54.6 Å². The number of halogens is 1. The maximum atomic E-state index is 12.5. The molecule has 0 aromatic heterocycles. The van der Waals surface area contributed by atoms with Crippen molar-refractivity contribution in [1.29, 1.82) is 0 Å². The molecule has 0 saturated heterocycles. The fraction of sp³-hybridized carbons (Fsp3) is 0.0909. The summed E-state index contributed by atoms with van der Waals surface area (Å²) >= 11 is 2.08. The van der Waals surface area contributed by atoms with Crippen LogP contribution < -0.4 is 15.6 Å². The lowest BCUT2D eigenvalue weighted by molar-refractivity contribution is 0.0844. The Morgan fingerprint density at radius 1 is 0.750 bits per heavy atom. The Bertz CT molecular complexity index is 961. The van der Waals surface area contributed by atoms with Gasteiger partial charge in [-0.2, -0.15) is 0 Å². The summed E-state index contributed by atoms with van der Waals surface area (Å²) in [6.45, 7) is 0.447. The lowest BCUT2D eigenvalue weighted by atomic mass is 10.1. The van der Waals surface area contributed by atoms with E-state index in [0.717, 1.165) is 15.6 Å². The maximum absolute atomic E-state index is 12.5. The summed E-state index contributed by atoms with van der Waals surface area (Å²) in [7, 11) is 0. The monoisotopic (exact) mass is 486 g/mol. The number of rotatable bonds is 6. The Balaban J connectivity index is 1.59. The predicted octanol–water partition coefficient (Wildman–Crippen LogP) is 3.99. The van der Waals surface area contributed by atoms with E-state index < -0.39 is 5.91 Å². The minimum atomic E-state index is -0.436. The first-order valence-corrected chi connectivity index (χ1v) is 9.84. The zero-order chi connectivity index (χ0) is 19.8. The van der Waals surface area contributed by atoms with Crippen LogP contribution in [0, 0.1) is 3.57 Å². The third kappa shape index (κ3) is 5.32. The van der Waals surface area contributed by atoms with Gasteiger partial charge in [0.15, 0.2) is 0 Å². The molecule has 0 aliphatic heterocycles. The summed E-state index contributed by atoms with van der Waals surface area (Å²) in [6, 6.07) is 24.1. The number of hydrogen-bond donors (Lipinski definition) is 2. The second-order valence-electron chi connectivity index (χ2n) is 5.97. The molecule has 0 bridgehead atoms. The maximum Gasteiger partial charge on any atom is 0.273 e. The van der Waals surface area contributed by atoms with E-state index in [1.807, 2.05) is 42.5 Å². The molecule has 0 unspecified atom stereocenters. The van der Waals surface area contributed by atoms with E-state index in [2.05, 4.69) is 33.4 Å². The van der Waals surface area contributed by atoms with Crippen LogP contribution in [0.3, 0.4) is 0 Å². The van der Waals surface area contributed by atoms with Crippen molar-refractivity contribution in [3.8, 4) is 5.75 Å². The summed E-state index contributed by atoms with van der Waals surface area (Å²) in [6.07, 6.45) is 0.736. The van der Waals surface area contributed by atoms with Crippen LogP contribution in [0.2, 0.25) is 0 Å². The van der Waals surface area contributed by atoms with E-state index in [9.17, 15) is 9.59 Å². The van der Waals surface area contributed by atoms with E-state index in [1.54, 1.807) is 36.4 Å². The van der Waals surface area contributed by atoms with Gasteiger partial charge >= 0.3 is 0 Å². The van der Waals surface area contributed by atoms with Crippen molar-refractivity contribution >= 4 is 34.4 Å². The number of nitrogens with one attached hydrogen (secondary N) is 2. The fourth-order valence-corrected chi connectivity index (χ4v) is 3.23. The Morgan fingerprint density at radius 2 is 1.32 bits per heavy atom. The number of hydrazine groups is 1. The average molecular weight is 486 g/mol. The third-order valence-electron chi connectivity index (χ3n) is 4.03. The van der Waals surface area contributed by atoms with Crippen LogP contribution in [-0.4, -0.2) is 18.4 Å². The van der Waals surface area contributed by atoms with Crippen molar-refractivity contribution in [2.75, 3.05) is 6.61 Å². The van der Waals surface area contributed by atoms with Crippen molar-refractivity contribution in [2.24, 2.45) is 0 Å². The van der Waals surface area contributed by atoms with E-state index >= 15 is 0 Å².